The zero-order chi connectivity index (χ0) is 18.5. The Bertz CT molecular complexity index is 735. The average Bonchev–Trinajstić information content (AvgIpc) is 3.48. The van der Waals surface area contributed by atoms with E-state index in [1.54, 1.807) is 17.6 Å². The smallest absolute Gasteiger partial charge is 0.236 e. The van der Waals surface area contributed by atoms with Gasteiger partial charge in [-0.05, 0) is 37.6 Å². The normalized spacial score (nSPS) is 21.8. The van der Waals surface area contributed by atoms with Gasteiger partial charge in [0.25, 0.3) is 0 Å². The van der Waals surface area contributed by atoms with E-state index < -0.39 is 0 Å². The van der Waals surface area contributed by atoms with Gasteiger partial charge in [-0.2, -0.15) is 0 Å². The number of guanidine groups is 1. The first-order valence-electron chi connectivity index (χ1n) is 10.1. The van der Waals surface area contributed by atoms with E-state index in [1.807, 2.05) is 17.5 Å². The Morgan fingerprint density at radius 1 is 1.37 bits per heavy atom. The molecule has 146 valence electrons. The monoisotopic (exact) mass is 387 g/mol. The van der Waals surface area contributed by atoms with Crippen LogP contribution in [0.15, 0.2) is 33.2 Å². The van der Waals surface area contributed by atoms with Gasteiger partial charge in [0.05, 0.1) is 11.4 Å². The molecule has 2 aliphatic rings. The van der Waals surface area contributed by atoms with Crippen LogP contribution in [-0.2, 0) is 6.54 Å². The second-order valence-electron chi connectivity index (χ2n) is 7.38. The number of nitrogens with zero attached hydrogens (tertiary/aromatic N) is 3. The highest BCUT2D eigenvalue weighted by molar-refractivity contribution is 7.13. The predicted molar refractivity (Wildman–Crippen MR) is 110 cm³/mol. The summed E-state index contributed by atoms with van der Waals surface area (Å²) in [6.07, 6.45) is 8.44. The summed E-state index contributed by atoms with van der Waals surface area (Å²) >= 11 is 1.63. The summed E-state index contributed by atoms with van der Waals surface area (Å²) < 4.78 is 5.59. The van der Waals surface area contributed by atoms with Crippen molar-refractivity contribution in [3.8, 4) is 10.8 Å². The maximum atomic E-state index is 5.59. The topological polar surface area (TPSA) is 65.7 Å². The SMILES string of the molecule is CCNC(=NCc1coc(-c2cccs2)n1)NC1CCN(C2CCCC2)C1. The van der Waals surface area contributed by atoms with E-state index in [-0.39, 0.29) is 0 Å². The van der Waals surface area contributed by atoms with E-state index in [0.717, 1.165) is 35.7 Å². The molecule has 0 aromatic carbocycles. The van der Waals surface area contributed by atoms with Gasteiger partial charge < -0.3 is 15.1 Å². The maximum absolute atomic E-state index is 5.59. The van der Waals surface area contributed by atoms with Gasteiger partial charge in [-0.25, -0.2) is 9.98 Å². The molecule has 27 heavy (non-hydrogen) atoms. The summed E-state index contributed by atoms with van der Waals surface area (Å²) in [6.45, 7) is 5.80. The molecule has 2 aromatic rings. The predicted octanol–water partition coefficient (Wildman–Crippen LogP) is 3.48. The number of likely N-dealkylation sites (tertiary alicyclic amines) is 1. The van der Waals surface area contributed by atoms with Gasteiger partial charge in [-0.3, -0.25) is 4.90 Å². The van der Waals surface area contributed by atoms with Crippen molar-refractivity contribution < 1.29 is 4.42 Å². The molecule has 4 rings (SSSR count). The highest BCUT2D eigenvalue weighted by atomic mass is 32.1. The number of aliphatic imine (C=N–C) groups is 1. The van der Waals surface area contributed by atoms with Gasteiger partial charge in [0, 0.05) is 31.7 Å². The van der Waals surface area contributed by atoms with Gasteiger partial charge in [0.2, 0.25) is 5.89 Å². The van der Waals surface area contributed by atoms with Gasteiger partial charge in [0.15, 0.2) is 5.96 Å². The molecule has 1 unspecified atom stereocenters. The minimum atomic E-state index is 0.474. The molecule has 2 N–H and O–H groups in total. The fourth-order valence-corrected chi connectivity index (χ4v) is 4.73. The van der Waals surface area contributed by atoms with Crippen molar-refractivity contribution in [2.24, 2.45) is 4.99 Å². The average molecular weight is 388 g/mol. The summed E-state index contributed by atoms with van der Waals surface area (Å²) in [5.74, 6) is 1.55. The molecular formula is C20H29N5OS. The van der Waals surface area contributed by atoms with Crippen LogP contribution < -0.4 is 10.6 Å². The van der Waals surface area contributed by atoms with E-state index in [9.17, 15) is 0 Å². The van der Waals surface area contributed by atoms with Crippen LogP contribution >= 0.6 is 11.3 Å². The van der Waals surface area contributed by atoms with E-state index in [4.69, 9.17) is 9.41 Å². The van der Waals surface area contributed by atoms with Gasteiger partial charge in [0.1, 0.15) is 12.0 Å². The van der Waals surface area contributed by atoms with Gasteiger partial charge in [-0.1, -0.05) is 18.9 Å². The molecule has 2 aromatic heterocycles. The minimum absolute atomic E-state index is 0.474. The Kier molecular flexibility index (Phi) is 6.09. The fourth-order valence-electron chi connectivity index (χ4n) is 4.07. The number of nitrogens with one attached hydrogen (secondary N) is 2. The van der Waals surface area contributed by atoms with Crippen molar-refractivity contribution >= 4 is 17.3 Å². The Morgan fingerprint density at radius 2 is 2.26 bits per heavy atom. The summed E-state index contributed by atoms with van der Waals surface area (Å²) in [5, 5.41) is 9.01. The van der Waals surface area contributed by atoms with Crippen LogP contribution in [0.3, 0.4) is 0 Å². The molecule has 3 heterocycles. The molecule has 0 bridgehead atoms. The fraction of sp³-hybridized carbons (Fsp3) is 0.600. The quantitative estimate of drug-likeness (QED) is 0.587. The third kappa shape index (κ3) is 4.71. The van der Waals surface area contributed by atoms with Crippen LogP contribution in [0.2, 0.25) is 0 Å². The highest BCUT2D eigenvalue weighted by Crippen LogP contribution is 2.26. The second-order valence-corrected chi connectivity index (χ2v) is 8.33. The standard InChI is InChI=1S/C20H29N5OS/c1-2-21-20(24-15-9-10-25(13-15)17-6-3-4-7-17)22-12-16-14-26-19(23-16)18-8-5-11-27-18/h5,8,11,14-15,17H,2-4,6-7,9-10,12-13H2,1H3,(H2,21,22,24). The molecule has 1 aliphatic carbocycles. The first-order chi connectivity index (χ1) is 13.3. The Morgan fingerprint density at radius 3 is 3.04 bits per heavy atom. The summed E-state index contributed by atoms with van der Waals surface area (Å²) in [6, 6.07) is 5.31. The van der Waals surface area contributed by atoms with E-state index in [0.29, 0.717) is 18.5 Å². The molecule has 1 atom stereocenters. The number of rotatable bonds is 6. The van der Waals surface area contributed by atoms with Gasteiger partial charge in [-0.15, -0.1) is 11.3 Å². The number of thiophene rings is 1. The Balaban J connectivity index is 1.33. The number of hydrogen-bond acceptors (Lipinski definition) is 5. The number of hydrogen-bond donors (Lipinski definition) is 2. The lowest BCUT2D eigenvalue weighted by molar-refractivity contribution is 0.242. The van der Waals surface area contributed by atoms with Crippen LogP contribution in [0, 0.1) is 0 Å². The molecule has 1 saturated carbocycles. The molecule has 6 nitrogen and oxygen atoms in total. The molecule has 0 radical (unpaired) electrons. The third-order valence-electron chi connectivity index (χ3n) is 5.43. The lowest BCUT2D eigenvalue weighted by Crippen LogP contribution is -2.45. The van der Waals surface area contributed by atoms with E-state index >= 15 is 0 Å². The molecular weight excluding hydrogens is 358 g/mol. The first-order valence-corrected chi connectivity index (χ1v) is 11.0. The third-order valence-corrected chi connectivity index (χ3v) is 6.29. The lowest BCUT2D eigenvalue weighted by atomic mass is 10.2. The van der Waals surface area contributed by atoms with Crippen molar-refractivity contribution in [3.05, 3.63) is 29.5 Å². The second kappa shape index (κ2) is 8.89. The zero-order valence-electron chi connectivity index (χ0n) is 16.0. The van der Waals surface area contributed by atoms with E-state index in [1.165, 1.54) is 38.6 Å². The van der Waals surface area contributed by atoms with Crippen LogP contribution in [-0.4, -0.2) is 47.6 Å². The van der Waals surface area contributed by atoms with Crippen molar-refractivity contribution in [3.63, 3.8) is 0 Å². The van der Waals surface area contributed by atoms with E-state index in [2.05, 4.69) is 27.4 Å². The van der Waals surface area contributed by atoms with Crippen molar-refractivity contribution in [1.29, 1.82) is 0 Å². The van der Waals surface area contributed by atoms with Crippen molar-refractivity contribution in [1.82, 2.24) is 20.5 Å². The molecule has 1 saturated heterocycles. The van der Waals surface area contributed by atoms with Crippen LogP contribution in [0.4, 0.5) is 0 Å². The summed E-state index contributed by atoms with van der Waals surface area (Å²) in [4.78, 5) is 13.0. The highest BCUT2D eigenvalue weighted by Gasteiger charge is 2.30. The Labute approximate surface area is 165 Å². The molecule has 0 spiro atoms. The maximum Gasteiger partial charge on any atom is 0.236 e. The Hall–Kier alpha value is -1.86. The molecule has 0 amide bonds. The van der Waals surface area contributed by atoms with Crippen molar-refractivity contribution in [2.45, 2.75) is 57.7 Å². The van der Waals surface area contributed by atoms with Gasteiger partial charge >= 0.3 is 0 Å². The minimum Gasteiger partial charge on any atom is -0.443 e. The summed E-state index contributed by atoms with van der Waals surface area (Å²) in [5.41, 5.74) is 0.856. The van der Waals surface area contributed by atoms with Crippen LogP contribution in [0.1, 0.15) is 44.7 Å². The van der Waals surface area contributed by atoms with Crippen LogP contribution in [0.25, 0.3) is 10.8 Å². The summed E-state index contributed by atoms with van der Waals surface area (Å²) in [7, 11) is 0. The molecule has 1 aliphatic heterocycles. The van der Waals surface area contributed by atoms with Crippen LogP contribution in [0.5, 0.6) is 0 Å². The number of oxazole rings is 1. The molecule has 2 fully saturated rings. The molecule has 7 heteroatoms. The zero-order valence-corrected chi connectivity index (χ0v) is 16.8. The lowest BCUT2D eigenvalue weighted by Gasteiger charge is -2.24. The largest absolute Gasteiger partial charge is 0.443 e. The first kappa shape index (κ1) is 18.5. The number of aromatic nitrogens is 1. The van der Waals surface area contributed by atoms with Crippen molar-refractivity contribution in [2.75, 3.05) is 19.6 Å².